The molecule has 0 unspecified atom stereocenters. The summed E-state index contributed by atoms with van der Waals surface area (Å²) in [6.45, 7) is 0. The van der Waals surface area contributed by atoms with Gasteiger partial charge < -0.3 is 14.4 Å². The molecule has 1 aromatic carbocycles. The standard InChI is InChI=1S/C15H14ClNO3/c1-20-10-4-5-12(16)11(8-10)13-6-7-14(15(18)19)17(13)9-2-3-9/h4-9H,2-3H2,1H3,(H,18,19). The van der Waals surface area contributed by atoms with Gasteiger partial charge in [0.25, 0.3) is 0 Å². The third-order valence-corrected chi connectivity index (χ3v) is 3.83. The lowest BCUT2D eigenvalue weighted by Gasteiger charge is -2.12. The highest BCUT2D eigenvalue weighted by Gasteiger charge is 2.30. The third kappa shape index (κ3) is 2.16. The molecule has 1 saturated carbocycles. The number of halogens is 1. The minimum Gasteiger partial charge on any atom is -0.497 e. The van der Waals surface area contributed by atoms with Gasteiger partial charge in [-0.05, 0) is 43.2 Å². The van der Waals surface area contributed by atoms with E-state index in [0.29, 0.717) is 16.5 Å². The fraction of sp³-hybridized carbons (Fsp3) is 0.267. The molecule has 1 aromatic heterocycles. The summed E-state index contributed by atoms with van der Waals surface area (Å²) in [6, 6.07) is 9.08. The zero-order valence-electron chi connectivity index (χ0n) is 11.0. The minimum atomic E-state index is -0.915. The Morgan fingerprint density at radius 2 is 2.10 bits per heavy atom. The van der Waals surface area contributed by atoms with Crippen LogP contribution in [0, 0.1) is 0 Å². The molecule has 104 valence electrons. The monoisotopic (exact) mass is 291 g/mol. The summed E-state index contributed by atoms with van der Waals surface area (Å²) < 4.78 is 7.08. The van der Waals surface area contributed by atoms with Crippen LogP contribution in [-0.2, 0) is 0 Å². The van der Waals surface area contributed by atoms with E-state index >= 15 is 0 Å². The molecule has 1 N–H and O–H groups in total. The van der Waals surface area contributed by atoms with E-state index in [1.165, 1.54) is 0 Å². The highest BCUT2D eigenvalue weighted by atomic mass is 35.5. The number of ether oxygens (including phenoxy) is 1. The Morgan fingerprint density at radius 1 is 1.35 bits per heavy atom. The van der Waals surface area contributed by atoms with Crippen LogP contribution in [0.1, 0.15) is 29.4 Å². The summed E-state index contributed by atoms with van der Waals surface area (Å²) in [7, 11) is 1.59. The number of hydrogen-bond acceptors (Lipinski definition) is 2. The molecule has 2 aromatic rings. The first kappa shape index (κ1) is 13.1. The molecule has 0 saturated heterocycles. The molecule has 1 aliphatic rings. The van der Waals surface area contributed by atoms with Gasteiger partial charge in [0.15, 0.2) is 0 Å². The Labute approximate surface area is 121 Å². The van der Waals surface area contributed by atoms with Gasteiger partial charge in [-0.1, -0.05) is 11.6 Å². The Hall–Kier alpha value is -1.94. The van der Waals surface area contributed by atoms with Crippen LogP contribution < -0.4 is 4.74 Å². The number of rotatable bonds is 4. The lowest BCUT2D eigenvalue weighted by Crippen LogP contribution is -2.08. The van der Waals surface area contributed by atoms with Gasteiger partial charge in [-0.25, -0.2) is 4.79 Å². The number of carboxylic acid groups (broad SMARTS) is 1. The molecule has 1 heterocycles. The number of aromatic nitrogens is 1. The number of methoxy groups -OCH3 is 1. The first-order valence-corrected chi connectivity index (χ1v) is 6.78. The molecule has 5 heteroatoms. The largest absolute Gasteiger partial charge is 0.497 e. The SMILES string of the molecule is COc1ccc(Cl)c(-c2ccc(C(=O)O)n2C2CC2)c1. The van der Waals surface area contributed by atoms with Crippen LogP contribution in [0.3, 0.4) is 0 Å². The lowest BCUT2D eigenvalue weighted by molar-refractivity contribution is 0.0685. The van der Waals surface area contributed by atoms with Crippen molar-refractivity contribution in [2.45, 2.75) is 18.9 Å². The molecule has 0 bridgehead atoms. The predicted molar refractivity (Wildman–Crippen MR) is 76.7 cm³/mol. The second-order valence-electron chi connectivity index (χ2n) is 4.86. The van der Waals surface area contributed by atoms with E-state index in [1.54, 1.807) is 25.3 Å². The van der Waals surface area contributed by atoms with Crippen molar-refractivity contribution in [1.29, 1.82) is 0 Å². The van der Waals surface area contributed by atoms with Gasteiger partial charge in [0.2, 0.25) is 0 Å². The fourth-order valence-corrected chi connectivity index (χ4v) is 2.61. The van der Waals surface area contributed by atoms with Gasteiger partial charge in [-0.15, -0.1) is 0 Å². The van der Waals surface area contributed by atoms with Gasteiger partial charge in [0, 0.05) is 11.6 Å². The van der Waals surface area contributed by atoms with Crippen LogP contribution in [0.5, 0.6) is 5.75 Å². The zero-order chi connectivity index (χ0) is 14.3. The molecular formula is C15H14ClNO3. The van der Waals surface area contributed by atoms with Crippen molar-refractivity contribution < 1.29 is 14.6 Å². The van der Waals surface area contributed by atoms with E-state index in [-0.39, 0.29) is 6.04 Å². The summed E-state index contributed by atoms with van der Waals surface area (Å²) in [5.41, 5.74) is 1.93. The normalized spacial score (nSPS) is 14.3. The molecule has 1 aliphatic carbocycles. The average Bonchev–Trinajstić information content (AvgIpc) is 3.18. The Balaban J connectivity index is 2.17. The van der Waals surface area contributed by atoms with Gasteiger partial charge in [-0.2, -0.15) is 0 Å². The van der Waals surface area contributed by atoms with Crippen LogP contribution in [-0.4, -0.2) is 22.8 Å². The lowest BCUT2D eigenvalue weighted by atomic mass is 10.1. The predicted octanol–water partition coefficient (Wildman–Crippen LogP) is 3.85. The second-order valence-corrected chi connectivity index (χ2v) is 5.26. The molecule has 0 aliphatic heterocycles. The van der Waals surface area contributed by atoms with Gasteiger partial charge in [0.1, 0.15) is 11.4 Å². The summed E-state index contributed by atoms with van der Waals surface area (Å²) in [5.74, 6) is -0.216. The van der Waals surface area contributed by atoms with E-state index < -0.39 is 5.97 Å². The van der Waals surface area contributed by atoms with E-state index in [2.05, 4.69) is 0 Å². The van der Waals surface area contributed by atoms with Crippen molar-refractivity contribution in [1.82, 2.24) is 4.57 Å². The Bertz CT molecular complexity index is 674. The van der Waals surface area contributed by atoms with Crippen molar-refractivity contribution >= 4 is 17.6 Å². The zero-order valence-corrected chi connectivity index (χ0v) is 11.7. The summed E-state index contributed by atoms with van der Waals surface area (Å²) >= 11 is 6.26. The number of hydrogen-bond donors (Lipinski definition) is 1. The maximum atomic E-state index is 11.3. The quantitative estimate of drug-likeness (QED) is 0.931. The van der Waals surface area contributed by atoms with Crippen LogP contribution in [0.2, 0.25) is 5.02 Å². The topological polar surface area (TPSA) is 51.5 Å². The molecule has 3 rings (SSSR count). The maximum absolute atomic E-state index is 11.3. The number of benzene rings is 1. The van der Waals surface area contributed by atoms with E-state index in [4.69, 9.17) is 16.3 Å². The minimum absolute atomic E-state index is 0.258. The maximum Gasteiger partial charge on any atom is 0.352 e. The number of nitrogens with zero attached hydrogens (tertiary/aromatic N) is 1. The molecule has 1 fully saturated rings. The van der Waals surface area contributed by atoms with Crippen LogP contribution in [0.4, 0.5) is 0 Å². The van der Waals surface area contributed by atoms with Crippen molar-refractivity contribution in [2.75, 3.05) is 7.11 Å². The Morgan fingerprint density at radius 3 is 2.70 bits per heavy atom. The molecule has 0 atom stereocenters. The fourth-order valence-electron chi connectivity index (χ4n) is 2.40. The molecular weight excluding hydrogens is 278 g/mol. The molecule has 0 radical (unpaired) electrons. The summed E-state index contributed by atoms with van der Waals surface area (Å²) in [6.07, 6.45) is 2.01. The Kier molecular flexibility index (Phi) is 3.18. The summed E-state index contributed by atoms with van der Waals surface area (Å²) in [4.78, 5) is 11.3. The molecule has 0 spiro atoms. The molecule has 20 heavy (non-hydrogen) atoms. The van der Waals surface area contributed by atoms with Crippen molar-refractivity contribution in [2.24, 2.45) is 0 Å². The first-order chi connectivity index (χ1) is 9.61. The van der Waals surface area contributed by atoms with Gasteiger partial charge in [0.05, 0.1) is 17.8 Å². The highest BCUT2D eigenvalue weighted by molar-refractivity contribution is 6.33. The highest BCUT2D eigenvalue weighted by Crippen LogP contribution is 2.42. The van der Waals surface area contributed by atoms with Crippen molar-refractivity contribution in [3.05, 3.63) is 41.0 Å². The average molecular weight is 292 g/mol. The molecule has 0 amide bonds. The third-order valence-electron chi connectivity index (χ3n) is 3.50. The van der Waals surface area contributed by atoms with Gasteiger partial charge in [-0.3, -0.25) is 0 Å². The van der Waals surface area contributed by atoms with Crippen LogP contribution in [0.25, 0.3) is 11.3 Å². The van der Waals surface area contributed by atoms with Crippen LogP contribution in [0.15, 0.2) is 30.3 Å². The van der Waals surface area contributed by atoms with Crippen molar-refractivity contribution in [3.63, 3.8) is 0 Å². The van der Waals surface area contributed by atoms with Crippen molar-refractivity contribution in [3.8, 4) is 17.0 Å². The first-order valence-electron chi connectivity index (χ1n) is 6.40. The smallest absolute Gasteiger partial charge is 0.352 e. The summed E-state index contributed by atoms with van der Waals surface area (Å²) in [5, 5.41) is 9.88. The number of carbonyl (C=O) groups is 1. The van der Waals surface area contributed by atoms with Gasteiger partial charge >= 0.3 is 5.97 Å². The number of aromatic carboxylic acids is 1. The second kappa shape index (κ2) is 4.87. The van der Waals surface area contributed by atoms with E-state index in [1.807, 2.05) is 16.7 Å². The van der Waals surface area contributed by atoms with Crippen LogP contribution >= 0.6 is 11.6 Å². The van der Waals surface area contributed by atoms with E-state index in [0.717, 1.165) is 24.1 Å². The van der Waals surface area contributed by atoms with E-state index in [9.17, 15) is 9.90 Å². The molecule has 4 nitrogen and oxygen atoms in total. The number of carboxylic acids is 1.